The molecule has 0 radical (unpaired) electrons. The van der Waals surface area contributed by atoms with Crippen molar-refractivity contribution in [3.8, 4) is 0 Å². The summed E-state index contributed by atoms with van der Waals surface area (Å²) in [7, 11) is 1.73. The van der Waals surface area contributed by atoms with Crippen LogP contribution in [0, 0.1) is 0 Å². The smallest absolute Gasteiger partial charge is 0.321 e. The Morgan fingerprint density at radius 3 is 2.64 bits per heavy atom. The third-order valence-corrected chi connectivity index (χ3v) is 4.33. The number of benzene rings is 1. The maximum atomic E-state index is 13.6. The van der Waals surface area contributed by atoms with Crippen molar-refractivity contribution in [1.29, 1.82) is 0 Å². The molecular formula is C18H17F3N6O. The highest BCUT2D eigenvalue weighted by molar-refractivity contribution is 5.56. The van der Waals surface area contributed by atoms with Crippen LogP contribution in [-0.2, 0) is 18.1 Å². The molecule has 0 spiro atoms. The van der Waals surface area contributed by atoms with Crippen LogP contribution in [0.5, 0.6) is 0 Å². The zero-order valence-electron chi connectivity index (χ0n) is 14.9. The van der Waals surface area contributed by atoms with E-state index >= 15 is 0 Å². The van der Waals surface area contributed by atoms with Crippen LogP contribution in [0.2, 0.25) is 0 Å². The minimum absolute atomic E-state index is 0.0262. The quantitative estimate of drug-likeness (QED) is 0.730. The van der Waals surface area contributed by atoms with Gasteiger partial charge in [-0.2, -0.15) is 23.3 Å². The Labute approximate surface area is 158 Å². The number of hydrogen-bond donors (Lipinski definition) is 1. The van der Waals surface area contributed by atoms with Crippen LogP contribution in [0.3, 0.4) is 0 Å². The van der Waals surface area contributed by atoms with Gasteiger partial charge in [0.2, 0.25) is 5.95 Å². The normalized spacial score (nSPS) is 17.1. The maximum absolute atomic E-state index is 13.6. The Kier molecular flexibility index (Phi) is 4.63. The van der Waals surface area contributed by atoms with Gasteiger partial charge in [-0.1, -0.05) is 30.3 Å². The van der Waals surface area contributed by atoms with Gasteiger partial charge in [0.25, 0.3) is 0 Å². The standard InChI is InChI=1S/C18H17F3N6O/c1-26-11-13(9-23-26)24-17-22-10-14(18(19,20)21)16(25-17)27-15(7-8-28-27)12-5-3-2-4-6-12/h2-6,9-11,15H,7-8H2,1H3,(H,22,24,25)/t15-/m0/s1. The number of nitrogens with one attached hydrogen (secondary N) is 1. The Morgan fingerprint density at radius 2 is 1.96 bits per heavy atom. The summed E-state index contributed by atoms with van der Waals surface area (Å²) in [5.74, 6) is -0.293. The molecule has 1 aliphatic heterocycles. The number of halogens is 3. The molecule has 1 saturated heterocycles. The number of aromatic nitrogens is 4. The van der Waals surface area contributed by atoms with E-state index in [4.69, 9.17) is 4.84 Å². The molecule has 1 aromatic carbocycles. The summed E-state index contributed by atoms with van der Waals surface area (Å²) in [6.07, 6.45) is -0.101. The molecule has 4 rings (SSSR count). The summed E-state index contributed by atoms with van der Waals surface area (Å²) in [6.45, 7) is 0.298. The van der Waals surface area contributed by atoms with Gasteiger partial charge in [0, 0.05) is 25.9 Å². The van der Waals surface area contributed by atoms with Crippen LogP contribution in [0.15, 0.2) is 48.9 Å². The van der Waals surface area contributed by atoms with Crippen molar-refractivity contribution in [2.75, 3.05) is 17.0 Å². The molecule has 3 aromatic rings. The first-order chi connectivity index (χ1) is 13.4. The molecule has 146 valence electrons. The molecule has 0 aliphatic carbocycles. The predicted octanol–water partition coefficient (Wildman–Crippen LogP) is 3.86. The Hall–Kier alpha value is -3.14. The van der Waals surface area contributed by atoms with E-state index in [0.717, 1.165) is 11.8 Å². The van der Waals surface area contributed by atoms with E-state index in [-0.39, 0.29) is 17.8 Å². The van der Waals surface area contributed by atoms with Gasteiger partial charge >= 0.3 is 6.18 Å². The molecule has 10 heteroatoms. The van der Waals surface area contributed by atoms with Crippen molar-refractivity contribution in [3.63, 3.8) is 0 Å². The lowest BCUT2D eigenvalue weighted by molar-refractivity contribution is -0.138. The van der Waals surface area contributed by atoms with Crippen LogP contribution in [-0.4, -0.2) is 26.4 Å². The van der Waals surface area contributed by atoms with Crippen LogP contribution < -0.4 is 10.4 Å². The van der Waals surface area contributed by atoms with E-state index in [2.05, 4.69) is 20.4 Å². The van der Waals surface area contributed by atoms with Gasteiger partial charge in [-0.05, 0) is 5.56 Å². The molecule has 0 saturated carbocycles. The van der Waals surface area contributed by atoms with Crippen molar-refractivity contribution in [3.05, 3.63) is 60.0 Å². The highest BCUT2D eigenvalue weighted by Crippen LogP contribution is 2.41. The molecule has 0 bridgehead atoms. The molecule has 1 atom stereocenters. The molecular weight excluding hydrogens is 373 g/mol. The van der Waals surface area contributed by atoms with Crippen molar-refractivity contribution in [2.24, 2.45) is 7.05 Å². The lowest BCUT2D eigenvalue weighted by Crippen LogP contribution is -2.26. The van der Waals surface area contributed by atoms with E-state index in [1.54, 1.807) is 17.9 Å². The highest BCUT2D eigenvalue weighted by Gasteiger charge is 2.40. The highest BCUT2D eigenvalue weighted by atomic mass is 19.4. The minimum Gasteiger partial charge on any atom is -0.321 e. The lowest BCUT2D eigenvalue weighted by Gasteiger charge is -2.26. The average Bonchev–Trinajstić information content (AvgIpc) is 3.30. The van der Waals surface area contributed by atoms with E-state index in [9.17, 15) is 13.2 Å². The van der Waals surface area contributed by atoms with E-state index in [0.29, 0.717) is 18.7 Å². The van der Waals surface area contributed by atoms with Crippen molar-refractivity contribution in [1.82, 2.24) is 19.7 Å². The van der Waals surface area contributed by atoms with Crippen molar-refractivity contribution < 1.29 is 18.0 Å². The Balaban J connectivity index is 1.73. The molecule has 1 fully saturated rings. The molecule has 2 aromatic heterocycles. The SMILES string of the molecule is Cn1cc(Nc2ncc(C(F)(F)F)c(N3OCC[C@H]3c3ccccc3)n2)cn1. The second kappa shape index (κ2) is 7.12. The zero-order valence-corrected chi connectivity index (χ0v) is 14.9. The number of hydrogen-bond acceptors (Lipinski definition) is 6. The number of aryl methyl sites for hydroxylation is 1. The first kappa shape index (κ1) is 18.2. The minimum atomic E-state index is -4.62. The van der Waals surface area contributed by atoms with E-state index in [1.165, 1.54) is 11.3 Å². The number of anilines is 3. The summed E-state index contributed by atoms with van der Waals surface area (Å²) < 4.78 is 42.3. The second-order valence-electron chi connectivity index (χ2n) is 6.33. The molecule has 1 aliphatic rings. The van der Waals surface area contributed by atoms with Gasteiger partial charge in [0.05, 0.1) is 24.5 Å². The third kappa shape index (κ3) is 3.63. The first-order valence-corrected chi connectivity index (χ1v) is 8.59. The summed E-state index contributed by atoms with van der Waals surface area (Å²) in [4.78, 5) is 13.5. The molecule has 7 nitrogen and oxygen atoms in total. The van der Waals surface area contributed by atoms with Crippen molar-refractivity contribution >= 4 is 17.5 Å². The van der Waals surface area contributed by atoms with Crippen molar-refractivity contribution in [2.45, 2.75) is 18.6 Å². The molecule has 0 unspecified atom stereocenters. The van der Waals surface area contributed by atoms with Gasteiger partial charge < -0.3 is 5.32 Å². The van der Waals surface area contributed by atoms with E-state index < -0.39 is 11.7 Å². The number of rotatable bonds is 4. The Bertz CT molecular complexity index is 959. The molecule has 28 heavy (non-hydrogen) atoms. The monoisotopic (exact) mass is 390 g/mol. The van der Waals surface area contributed by atoms with Crippen LogP contribution >= 0.6 is 0 Å². The van der Waals surface area contributed by atoms with Crippen LogP contribution in [0.1, 0.15) is 23.6 Å². The average molecular weight is 390 g/mol. The number of alkyl halides is 3. The largest absolute Gasteiger partial charge is 0.421 e. The fraction of sp³-hybridized carbons (Fsp3) is 0.278. The molecule has 1 N–H and O–H groups in total. The summed E-state index contributed by atoms with van der Waals surface area (Å²) in [6, 6.07) is 8.87. The number of nitrogens with zero attached hydrogens (tertiary/aromatic N) is 5. The van der Waals surface area contributed by atoms with Gasteiger partial charge in [0.1, 0.15) is 5.56 Å². The summed E-state index contributed by atoms with van der Waals surface area (Å²) in [5, 5.41) is 8.10. The molecule has 0 amide bonds. The van der Waals surface area contributed by atoms with Crippen LogP contribution in [0.4, 0.5) is 30.6 Å². The second-order valence-corrected chi connectivity index (χ2v) is 6.33. The van der Waals surface area contributed by atoms with E-state index in [1.807, 2.05) is 30.3 Å². The fourth-order valence-corrected chi connectivity index (χ4v) is 3.07. The van der Waals surface area contributed by atoms with Gasteiger partial charge in [-0.15, -0.1) is 0 Å². The van der Waals surface area contributed by atoms with Gasteiger partial charge in [0.15, 0.2) is 5.82 Å². The topological polar surface area (TPSA) is 68.1 Å². The van der Waals surface area contributed by atoms with Crippen LogP contribution in [0.25, 0.3) is 0 Å². The van der Waals surface area contributed by atoms with Gasteiger partial charge in [-0.25, -0.2) is 10.0 Å². The fourth-order valence-electron chi connectivity index (χ4n) is 3.07. The summed E-state index contributed by atoms with van der Waals surface area (Å²) >= 11 is 0. The van der Waals surface area contributed by atoms with Gasteiger partial charge in [-0.3, -0.25) is 9.52 Å². The lowest BCUT2D eigenvalue weighted by atomic mass is 10.0. The zero-order chi connectivity index (χ0) is 19.7. The first-order valence-electron chi connectivity index (χ1n) is 8.59. The maximum Gasteiger partial charge on any atom is 0.421 e. The predicted molar refractivity (Wildman–Crippen MR) is 95.8 cm³/mol. The molecule has 3 heterocycles. The number of hydroxylamine groups is 1. The summed E-state index contributed by atoms with van der Waals surface area (Å²) in [5.41, 5.74) is 0.468. The third-order valence-electron chi connectivity index (χ3n) is 4.33. The Morgan fingerprint density at radius 1 is 1.18 bits per heavy atom.